The third-order valence-electron chi connectivity index (χ3n) is 2.77. The number of aliphatic imine (C=N–C) groups is 1. The van der Waals surface area contributed by atoms with Gasteiger partial charge < -0.3 is 10.6 Å². The van der Waals surface area contributed by atoms with Gasteiger partial charge in [-0.25, -0.2) is 8.78 Å². The van der Waals surface area contributed by atoms with Crippen LogP contribution in [-0.4, -0.2) is 31.0 Å². The van der Waals surface area contributed by atoms with E-state index in [1.165, 1.54) is 18.2 Å². The lowest BCUT2D eigenvalue weighted by Crippen LogP contribution is -2.41. The van der Waals surface area contributed by atoms with Crippen LogP contribution in [0.5, 0.6) is 0 Å². The summed E-state index contributed by atoms with van der Waals surface area (Å²) in [5.74, 6) is -0.908. The SMILES string of the molecule is CN1CC(c2c(F)cccc2F)CN=C1N. The van der Waals surface area contributed by atoms with Gasteiger partial charge >= 0.3 is 0 Å². The van der Waals surface area contributed by atoms with E-state index in [-0.39, 0.29) is 11.5 Å². The molecule has 2 rings (SSSR count). The van der Waals surface area contributed by atoms with Crippen molar-refractivity contribution in [2.45, 2.75) is 5.92 Å². The van der Waals surface area contributed by atoms with Gasteiger partial charge in [0.05, 0.1) is 6.54 Å². The minimum atomic E-state index is -0.519. The van der Waals surface area contributed by atoms with Crippen LogP contribution in [0.15, 0.2) is 23.2 Å². The Hall–Kier alpha value is -1.65. The summed E-state index contributed by atoms with van der Waals surface area (Å²) in [7, 11) is 1.75. The van der Waals surface area contributed by atoms with E-state index in [2.05, 4.69) is 4.99 Å². The van der Waals surface area contributed by atoms with Gasteiger partial charge in [-0.2, -0.15) is 0 Å². The molecule has 1 heterocycles. The van der Waals surface area contributed by atoms with Crippen molar-refractivity contribution in [3.8, 4) is 0 Å². The molecule has 1 aliphatic rings. The maximum Gasteiger partial charge on any atom is 0.191 e. The molecular formula is C11H13F2N3. The summed E-state index contributed by atoms with van der Waals surface area (Å²) >= 11 is 0. The Bertz CT molecular complexity index is 411. The smallest absolute Gasteiger partial charge is 0.191 e. The second-order valence-electron chi connectivity index (χ2n) is 3.91. The molecule has 0 amide bonds. The van der Waals surface area contributed by atoms with Crippen molar-refractivity contribution in [1.82, 2.24) is 4.90 Å². The lowest BCUT2D eigenvalue weighted by molar-refractivity contribution is 0.402. The Morgan fingerprint density at radius 3 is 2.56 bits per heavy atom. The van der Waals surface area contributed by atoms with Crippen molar-refractivity contribution < 1.29 is 8.78 Å². The van der Waals surface area contributed by atoms with E-state index in [9.17, 15) is 8.78 Å². The molecule has 5 heteroatoms. The predicted molar refractivity (Wildman–Crippen MR) is 58.2 cm³/mol. The highest BCUT2D eigenvalue weighted by atomic mass is 19.1. The van der Waals surface area contributed by atoms with Crippen LogP contribution >= 0.6 is 0 Å². The van der Waals surface area contributed by atoms with E-state index >= 15 is 0 Å². The highest BCUT2D eigenvalue weighted by Gasteiger charge is 2.24. The summed E-state index contributed by atoms with van der Waals surface area (Å²) in [6, 6.07) is 3.89. The summed E-state index contributed by atoms with van der Waals surface area (Å²) in [4.78, 5) is 5.73. The molecule has 0 aliphatic carbocycles. The van der Waals surface area contributed by atoms with Gasteiger partial charge in [0.15, 0.2) is 5.96 Å². The Morgan fingerprint density at radius 2 is 2.00 bits per heavy atom. The van der Waals surface area contributed by atoms with Crippen LogP contribution in [0.2, 0.25) is 0 Å². The van der Waals surface area contributed by atoms with Gasteiger partial charge in [0.2, 0.25) is 0 Å². The van der Waals surface area contributed by atoms with Crippen LogP contribution < -0.4 is 5.73 Å². The van der Waals surface area contributed by atoms with Crippen molar-refractivity contribution in [3.63, 3.8) is 0 Å². The van der Waals surface area contributed by atoms with E-state index in [1.807, 2.05) is 0 Å². The average Bonchev–Trinajstić information content (AvgIpc) is 2.23. The first-order valence-electron chi connectivity index (χ1n) is 5.04. The van der Waals surface area contributed by atoms with Crippen molar-refractivity contribution in [3.05, 3.63) is 35.4 Å². The first-order chi connectivity index (χ1) is 7.59. The molecule has 86 valence electrons. The van der Waals surface area contributed by atoms with E-state index < -0.39 is 11.6 Å². The first-order valence-corrected chi connectivity index (χ1v) is 5.04. The molecule has 2 N–H and O–H groups in total. The molecule has 1 unspecified atom stereocenters. The van der Waals surface area contributed by atoms with Gasteiger partial charge in [-0.3, -0.25) is 4.99 Å². The fourth-order valence-corrected chi connectivity index (χ4v) is 1.89. The van der Waals surface area contributed by atoms with Crippen LogP contribution in [0, 0.1) is 11.6 Å². The zero-order chi connectivity index (χ0) is 11.7. The molecule has 1 aromatic carbocycles. The Morgan fingerprint density at radius 1 is 1.38 bits per heavy atom. The van der Waals surface area contributed by atoms with E-state index in [4.69, 9.17) is 5.73 Å². The second kappa shape index (κ2) is 4.08. The van der Waals surface area contributed by atoms with Crippen LogP contribution in [0.1, 0.15) is 11.5 Å². The quantitative estimate of drug-likeness (QED) is 0.783. The number of hydrogen-bond donors (Lipinski definition) is 1. The van der Waals surface area contributed by atoms with Crippen molar-refractivity contribution in [1.29, 1.82) is 0 Å². The molecule has 0 saturated heterocycles. The zero-order valence-corrected chi connectivity index (χ0v) is 8.95. The maximum atomic E-state index is 13.5. The zero-order valence-electron chi connectivity index (χ0n) is 8.95. The summed E-state index contributed by atoms with van der Waals surface area (Å²) in [6.07, 6.45) is 0. The van der Waals surface area contributed by atoms with Gasteiger partial charge in [0.25, 0.3) is 0 Å². The Balaban J connectivity index is 2.33. The highest BCUT2D eigenvalue weighted by molar-refractivity contribution is 5.78. The fraction of sp³-hybridized carbons (Fsp3) is 0.364. The molecular weight excluding hydrogens is 212 g/mol. The highest BCUT2D eigenvalue weighted by Crippen LogP contribution is 2.25. The molecule has 1 aromatic rings. The summed E-state index contributed by atoms with van der Waals surface area (Å²) in [6.45, 7) is 0.807. The normalized spacial score (nSPS) is 20.8. The molecule has 3 nitrogen and oxygen atoms in total. The number of nitrogens with two attached hydrogens (primary N) is 1. The molecule has 0 fully saturated rings. The van der Waals surface area contributed by atoms with Crippen LogP contribution in [-0.2, 0) is 0 Å². The average molecular weight is 225 g/mol. The van der Waals surface area contributed by atoms with Crippen molar-refractivity contribution in [2.24, 2.45) is 10.7 Å². The monoisotopic (exact) mass is 225 g/mol. The molecule has 0 saturated carbocycles. The molecule has 1 atom stereocenters. The molecule has 1 aliphatic heterocycles. The molecule has 0 radical (unpaired) electrons. The number of likely N-dealkylation sites (N-methyl/N-ethyl adjacent to an activating group) is 1. The Labute approximate surface area is 92.6 Å². The standard InChI is InChI=1S/C11H13F2N3/c1-16-6-7(5-15-11(16)14)10-8(12)3-2-4-9(10)13/h2-4,7H,5-6H2,1H3,(H2,14,15). The molecule has 16 heavy (non-hydrogen) atoms. The van der Waals surface area contributed by atoms with Crippen LogP contribution in [0.3, 0.4) is 0 Å². The van der Waals surface area contributed by atoms with Gasteiger partial charge in [-0.1, -0.05) is 6.07 Å². The van der Waals surface area contributed by atoms with E-state index in [0.717, 1.165) is 0 Å². The predicted octanol–water partition coefficient (Wildman–Crippen LogP) is 1.31. The van der Waals surface area contributed by atoms with Crippen LogP contribution in [0.4, 0.5) is 8.78 Å². The topological polar surface area (TPSA) is 41.6 Å². The minimum Gasteiger partial charge on any atom is -0.370 e. The second-order valence-corrected chi connectivity index (χ2v) is 3.91. The number of halogens is 2. The van der Waals surface area contributed by atoms with Gasteiger partial charge in [0.1, 0.15) is 11.6 Å². The van der Waals surface area contributed by atoms with Gasteiger partial charge in [-0.05, 0) is 12.1 Å². The lowest BCUT2D eigenvalue weighted by Gasteiger charge is -2.29. The molecule has 0 aromatic heterocycles. The van der Waals surface area contributed by atoms with Gasteiger partial charge in [0, 0.05) is 25.1 Å². The first kappa shape index (κ1) is 10.9. The number of guanidine groups is 1. The van der Waals surface area contributed by atoms with Crippen molar-refractivity contribution >= 4 is 5.96 Å². The van der Waals surface area contributed by atoms with Crippen LogP contribution in [0.25, 0.3) is 0 Å². The third kappa shape index (κ3) is 1.85. The molecule has 0 spiro atoms. The maximum absolute atomic E-state index is 13.5. The van der Waals surface area contributed by atoms with E-state index in [1.54, 1.807) is 11.9 Å². The van der Waals surface area contributed by atoms with E-state index in [0.29, 0.717) is 19.0 Å². The van der Waals surface area contributed by atoms with Crippen molar-refractivity contribution in [2.75, 3.05) is 20.1 Å². The minimum absolute atomic E-state index is 0.102. The molecule has 0 bridgehead atoms. The largest absolute Gasteiger partial charge is 0.370 e. The number of hydrogen-bond acceptors (Lipinski definition) is 3. The number of rotatable bonds is 1. The fourth-order valence-electron chi connectivity index (χ4n) is 1.89. The third-order valence-corrected chi connectivity index (χ3v) is 2.77. The van der Waals surface area contributed by atoms with Gasteiger partial charge in [-0.15, -0.1) is 0 Å². The summed E-state index contributed by atoms with van der Waals surface area (Å²) in [5, 5.41) is 0. The number of nitrogens with zero attached hydrogens (tertiary/aromatic N) is 2. The summed E-state index contributed by atoms with van der Waals surface area (Å²) < 4.78 is 27.0. The number of benzene rings is 1. The lowest BCUT2D eigenvalue weighted by atomic mass is 9.96. The Kier molecular flexibility index (Phi) is 2.77. The summed E-state index contributed by atoms with van der Waals surface area (Å²) in [5.41, 5.74) is 5.69.